The summed E-state index contributed by atoms with van der Waals surface area (Å²) in [5.74, 6) is 1.24. The Bertz CT molecular complexity index is 689. The fourth-order valence-corrected chi connectivity index (χ4v) is 3.00. The molecule has 2 aromatic rings. The Labute approximate surface area is 149 Å². The summed E-state index contributed by atoms with van der Waals surface area (Å²) in [6, 6.07) is 14.2. The first-order valence-electron chi connectivity index (χ1n) is 8.90. The van der Waals surface area contributed by atoms with E-state index in [1.165, 1.54) is 18.4 Å². The first kappa shape index (κ1) is 17.5. The molecule has 0 aliphatic heterocycles. The maximum Gasteiger partial charge on any atom is 0.191 e. The van der Waals surface area contributed by atoms with Gasteiger partial charge in [0.15, 0.2) is 5.96 Å². The summed E-state index contributed by atoms with van der Waals surface area (Å²) in [4.78, 5) is 4.55. The summed E-state index contributed by atoms with van der Waals surface area (Å²) in [6.45, 7) is 5.59. The minimum Gasteiger partial charge on any atom is -0.466 e. The van der Waals surface area contributed by atoms with E-state index in [-0.39, 0.29) is 12.0 Å². The van der Waals surface area contributed by atoms with Gasteiger partial charge in [-0.15, -0.1) is 0 Å². The van der Waals surface area contributed by atoms with Crippen LogP contribution < -0.4 is 10.6 Å². The Morgan fingerprint density at radius 2 is 1.96 bits per heavy atom. The maximum atomic E-state index is 10.6. The van der Waals surface area contributed by atoms with Crippen molar-refractivity contribution in [3.05, 3.63) is 60.1 Å². The van der Waals surface area contributed by atoms with Crippen molar-refractivity contribution in [2.75, 3.05) is 19.6 Å². The van der Waals surface area contributed by atoms with Crippen molar-refractivity contribution >= 4 is 5.96 Å². The van der Waals surface area contributed by atoms with E-state index in [2.05, 4.69) is 46.0 Å². The van der Waals surface area contributed by atoms with Gasteiger partial charge in [-0.1, -0.05) is 30.3 Å². The van der Waals surface area contributed by atoms with Crippen molar-refractivity contribution in [1.82, 2.24) is 10.6 Å². The van der Waals surface area contributed by atoms with Crippen LogP contribution >= 0.6 is 0 Å². The van der Waals surface area contributed by atoms with Crippen LogP contribution in [0.5, 0.6) is 0 Å². The topological polar surface area (TPSA) is 69.8 Å². The van der Waals surface area contributed by atoms with Crippen LogP contribution in [-0.4, -0.2) is 30.7 Å². The van der Waals surface area contributed by atoms with E-state index in [4.69, 9.17) is 4.42 Å². The highest BCUT2D eigenvalue weighted by Gasteiger charge is 2.44. The highest BCUT2D eigenvalue weighted by Crippen LogP contribution is 2.47. The molecule has 0 amide bonds. The summed E-state index contributed by atoms with van der Waals surface area (Å²) in [7, 11) is 0. The van der Waals surface area contributed by atoms with Crippen molar-refractivity contribution < 1.29 is 9.52 Å². The highest BCUT2D eigenvalue weighted by molar-refractivity contribution is 5.80. The molecule has 1 aromatic carbocycles. The Morgan fingerprint density at radius 3 is 2.56 bits per heavy atom. The number of aliphatic imine (C=N–C) groups is 1. The number of benzene rings is 1. The second-order valence-electron chi connectivity index (χ2n) is 6.95. The van der Waals surface area contributed by atoms with Crippen LogP contribution in [0.4, 0.5) is 0 Å². The third-order valence-corrected chi connectivity index (χ3v) is 4.78. The van der Waals surface area contributed by atoms with E-state index in [9.17, 15) is 5.11 Å². The SMILES string of the molecule is CCNC(=NCC(C)(O)c1ccco1)NCC1(c2ccccc2)CC1. The summed E-state index contributed by atoms with van der Waals surface area (Å²) in [5.41, 5.74) is 0.463. The van der Waals surface area contributed by atoms with E-state index < -0.39 is 5.60 Å². The van der Waals surface area contributed by atoms with Crippen molar-refractivity contribution in [2.45, 2.75) is 37.7 Å². The molecule has 1 saturated carbocycles. The van der Waals surface area contributed by atoms with Crippen molar-refractivity contribution in [2.24, 2.45) is 4.99 Å². The molecule has 0 radical (unpaired) electrons. The first-order valence-corrected chi connectivity index (χ1v) is 8.90. The average Bonchev–Trinajstić information content (AvgIpc) is 3.20. The molecule has 0 spiro atoms. The van der Waals surface area contributed by atoms with E-state index in [1.807, 2.05) is 6.92 Å². The number of hydrogen-bond acceptors (Lipinski definition) is 3. The zero-order valence-electron chi connectivity index (χ0n) is 15.0. The number of hydrogen-bond donors (Lipinski definition) is 3. The summed E-state index contributed by atoms with van der Waals surface area (Å²) in [5, 5.41) is 17.2. The van der Waals surface area contributed by atoms with Gasteiger partial charge in [0.2, 0.25) is 0 Å². The number of guanidine groups is 1. The molecular weight excluding hydrogens is 314 g/mol. The second kappa shape index (κ2) is 7.31. The molecule has 0 bridgehead atoms. The molecule has 25 heavy (non-hydrogen) atoms. The van der Waals surface area contributed by atoms with Gasteiger partial charge in [0.05, 0.1) is 12.8 Å². The normalized spacial score (nSPS) is 18.4. The Kier molecular flexibility index (Phi) is 5.13. The van der Waals surface area contributed by atoms with Crippen LogP contribution in [0.1, 0.15) is 38.0 Å². The molecule has 5 nitrogen and oxygen atoms in total. The Balaban J connectivity index is 1.63. The Morgan fingerprint density at radius 1 is 1.20 bits per heavy atom. The third-order valence-electron chi connectivity index (χ3n) is 4.78. The van der Waals surface area contributed by atoms with Crippen LogP contribution in [0.15, 0.2) is 58.1 Å². The highest BCUT2D eigenvalue weighted by atomic mass is 16.4. The molecule has 1 heterocycles. The summed E-state index contributed by atoms with van der Waals surface area (Å²) >= 11 is 0. The minimum atomic E-state index is -1.12. The molecule has 3 rings (SSSR count). The lowest BCUT2D eigenvalue weighted by Gasteiger charge is -2.21. The van der Waals surface area contributed by atoms with Crippen LogP contribution in [0.25, 0.3) is 0 Å². The van der Waals surface area contributed by atoms with Crippen molar-refractivity contribution in [3.8, 4) is 0 Å². The molecular formula is C20H27N3O2. The van der Waals surface area contributed by atoms with Crippen LogP contribution in [-0.2, 0) is 11.0 Å². The molecule has 1 aromatic heterocycles. The van der Waals surface area contributed by atoms with Gasteiger partial charge in [0.25, 0.3) is 0 Å². The molecule has 5 heteroatoms. The van der Waals surface area contributed by atoms with E-state index in [1.54, 1.807) is 25.3 Å². The molecule has 134 valence electrons. The van der Waals surface area contributed by atoms with Gasteiger partial charge in [-0.3, -0.25) is 0 Å². The molecule has 1 aliphatic carbocycles. The van der Waals surface area contributed by atoms with E-state index in [0.29, 0.717) is 5.76 Å². The fourth-order valence-electron chi connectivity index (χ4n) is 3.00. The molecule has 1 unspecified atom stereocenters. The number of nitrogens with one attached hydrogen (secondary N) is 2. The molecule has 1 fully saturated rings. The maximum absolute atomic E-state index is 10.6. The lowest BCUT2D eigenvalue weighted by Crippen LogP contribution is -2.42. The minimum absolute atomic E-state index is 0.209. The van der Waals surface area contributed by atoms with Gasteiger partial charge in [-0.05, 0) is 44.4 Å². The van der Waals surface area contributed by atoms with Crippen LogP contribution in [0, 0.1) is 0 Å². The third kappa shape index (κ3) is 4.23. The fraction of sp³-hybridized carbons (Fsp3) is 0.450. The largest absolute Gasteiger partial charge is 0.466 e. The van der Waals surface area contributed by atoms with Crippen molar-refractivity contribution in [1.29, 1.82) is 0 Å². The van der Waals surface area contributed by atoms with Crippen LogP contribution in [0.3, 0.4) is 0 Å². The first-order chi connectivity index (χ1) is 12.1. The number of rotatable bonds is 7. The monoisotopic (exact) mass is 341 g/mol. The molecule has 1 aliphatic rings. The van der Waals surface area contributed by atoms with E-state index >= 15 is 0 Å². The van der Waals surface area contributed by atoms with E-state index in [0.717, 1.165) is 19.0 Å². The predicted octanol–water partition coefficient (Wildman–Crippen LogP) is 2.77. The van der Waals surface area contributed by atoms with Gasteiger partial charge in [0.1, 0.15) is 11.4 Å². The smallest absolute Gasteiger partial charge is 0.191 e. The molecule has 3 N–H and O–H groups in total. The predicted molar refractivity (Wildman–Crippen MR) is 99.6 cm³/mol. The summed E-state index contributed by atoms with van der Waals surface area (Å²) < 4.78 is 5.31. The quantitative estimate of drug-likeness (QED) is 0.535. The number of nitrogens with zero attached hydrogens (tertiary/aromatic N) is 1. The lowest BCUT2D eigenvalue weighted by molar-refractivity contribution is 0.0437. The molecule has 0 saturated heterocycles. The second-order valence-corrected chi connectivity index (χ2v) is 6.95. The van der Waals surface area contributed by atoms with Crippen LogP contribution in [0.2, 0.25) is 0 Å². The zero-order chi connectivity index (χ0) is 17.8. The van der Waals surface area contributed by atoms with Gasteiger partial charge < -0.3 is 20.2 Å². The van der Waals surface area contributed by atoms with Crippen molar-refractivity contribution in [3.63, 3.8) is 0 Å². The lowest BCUT2D eigenvalue weighted by atomic mass is 9.96. The summed E-state index contributed by atoms with van der Waals surface area (Å²) in [6.07, 6.45) is 3.94. The molecule has 1 atom stereocenters. The van der Waals surface area contributed by atoms with Gasteiger partial charge in [-0.25, -0.2) is 4.99 Å². The zero-order valence-corrected chi connectivity index (χ0v) is 15.0. The number of furan rings is 1. The standard InChI is InChI=1S/C20H27N3O2/c1-3-21-18(22-14-19(2,24)17-10-7-13-25-17)23-15-20(11-12-20)16-8-5-4-6-9-16/h4-10,13,24H,3,11-12,14-15H2,1-2H3,(H2,21,22,23). The van der Waals surface area contributed by atoms with Gasteiger partial charge >= 0.3 is 0 Å². The van der Waals surface area contributed by atoms with Gasteiger partial charge in [0, 0.05) is 18.5 Å². The average molecular weight is 341 g/mol. The van der Waals surface area contributed by atoms with Gasteiger partial charge in [-0.2, -0.15) is 0 Å². The number of aliphatic hydroxyl groups is 1. The Hall–Kier alpha value is -2.27.